The molecule has 0 fully saturated rings. The fourth-order valence-electron chi connectivity index (χ4n) is 2.83. The van der Waals surface area contributed by atoms with Crippen LogP contribution in [0.1, 0.15) is 22.6 Å². The van der Waals surface area contributed by atoms with Crippen molar-refractivity contribution in [1.29, 1.82) is 0 Å². The molecule has 2 heterocycles. The molecule has 0 saturated carbocycles. The van der Waals surface area contributed by atoms with Crippen LogP contribution < -0.4 is 5.69 Å². The Labute approximate surface area is 137 Å². The molecule has 0 bridgehead atoms. The van der Waals surface area contributed by atoms with Gasteiger partial charge in [-0.25, -0.2) is 4.79 Å². The normalized spacial score (nSPS) is 11.2. The number of nitrogens with one attached hydrogen (secondary N) is 1. The molecule has 4 rings (SSSR count). The van der Waals surface area contributed by atoms with Crippen molar-refractivity contribution in [2.45, 2.75) is 19.9 Å². The number of rotatable bonds is 4. The van der Waals surface area contributed by atoms with Crippen molar-refractivity contribution >= 4 is 11.0 Å². The molecule has 2 aromatic carbocycles. The predicted molar refractivity (Wildman–Crippen MR) is 89.9 cm³/mol. The van der Waals surface area contributed by atoms with Gasteiger partial charge in [0, 0.05) is 0 Å². The number of aromatic nitrogens is 4. The van der Waals surface area contributed by atoms with Crippen molar-refractivity contribution in [1.82, 2.24) is 19.7 Å². The minimum atomic E-state index is -0.0921. The third-order valence-corrected chi connectivity index (χ3v) is 4.05. The average Bonchev–Trinajstić information content (AvgIpc) is 3.17. The first-order chi connectivity index (χ1) is 11.7. The minimum absolute atomic E-state index is 0.0921. The summed E-state index contributed by atoms with van der Waals surface area (Å²) in [5.41, 5.74) is 4.97. The van der Waals surface area contributed by atoms with E-state index in [0.717, 1.165) is 27.7 Å². The van der Waals surface area contributed by atoms with E-state index in [9.17, 15) is 4.79 Å². The molecule has 6 heteroatoms. The zero-order valence-electron chi connectivity index (χ0n) is 13.2. The van der Waals surface area contributed by atoms with Crippen LogP contribution in [0.5, 0.6) is 0 Å². The fraction of sp³-hybridized carbons (Fsp3) is 0.167. The monoisotopic (exact) mass is 320 g/mol. The van der Waals surface area contributed by atoms with Gasteiger partial charge < -0.3 is 9.40 Å². The lowest BCUT2D eigenvalue weighted by Crippen LogP contribution is -2.17. The molecule has 6 nitrogen and oxygen atoms in total. The molecule has 120 valence electrons. The third kappa shape index (κ3) is 2.74. The topological polar surface area (TPSA) is 76.7 Å². The Hall–Kier alpha value is -3.15. The highest BCUT2D eigenvalue weighted by Crippen LogP contribution is 2.15. The van der Waals surface area contributed by atoms with Gasteiger partial charge in [0.05, 0.1) is 24.0 Å². The maximum absolute atomic E-state index is 12.2. The molecule has 0 unspecified atom stereocenters. The smallest absolute Gasteiger partial charge is 0.326 e. The summed E-state index contributed by atoms with van der Waals surface area (Å²) in [4.78, 5) is 15.1. The Balaban J connectivity index is 1.59. The van der Waals surface area contributed by atoms with E-state index >= 15 is 0 Å². The van der Waals surface area contributed by atoms with Crippen molar-refractivity contribution in [3.05, 3.63) is 81.9 Å². The van der Waals surface area contributed by atoms with E-state index in [1.807, 2.05) is 49.4 Å². The van der Waals surface area contributed by atoms with Crippen LogP contribution in [0.2, 0.25) is 0 Å². The summed E-state index contributed by atoms with van der Waals surface area (Å²) in [7, 11) is 0. The van der Waals surface area contributed by atoms with E-state index in [-0.39, 0.29) is 5.69 Å². The number of imidazole rings is 1. The summed E-state index contributed by atoms with van der Waals surface area (Å²) in [5.74, 6) is 0.589. The van der Waals surface area contributed by atoms with Crippen LogP contribution in [-0.2, 0) is 13.0 Å². The van der Waals surface area contributed by atoms with E-state index < -0.39 is 0 Å². The minimum Gasteiger partial charge on any atom is -0.428 e. The van der Waals surface area contributed by atoms with Gasteiger partial charge in [-0.3, -0.25) is 4.57 Å². The molecule has 4 aromatic rings. The van der Waals surface area contributed by atoms with E-state index in [2.05, 4.69) is 15.2 Å². The van der Waals surface area contributed by atoms with Gasteiger partial charge in [0.25, 0.3) is 0 Å². The van der Waals surface area contributed by atoms with Gasteiger partial charge in [-0.1, -0.05) is 30.3 Å². The Morgan fingerprint density at radius 3 is 2.67 bits per heavy atom. The summed E-state index contributed by atoms with van der Waals surface area (Å²) in [5, 5.41) is 7.55. The molecule has 0 aliphatic heterocycles. The molecular formula is C18H16N4O2. The molecule has 0 amide bonds. The van der Waals surface area contributed by atoms with Crippen molar-refractivity contribution in [3.8, 4) is 0 Å². The second kappa shape index (κ2) is 5.81. The van der Waals surface area contributed by atoms with Crippen molar-refractivity contribution in [2.75, 3.05) is 0 Å². The number of aromatic amines is 1. The maximum atomic E-state index is 12.2. The van der Waals surface area contributed by atoms with Gasteiger partial charge >= 0.3 is 5.69 Å². The molecule has 0 atom stereocenters. The standard InChI is InChI=1S/C18H16N4O2/c1-12-2-7-16-15(8-12)20-18(23)22(16)10-14-5-3-13(4-6-14)9-17-21-19-11-24-17/h2-8,11H,9-10H2,1H3,(H,20,23). The van der Waals surface area contributed by atoms with E-state index in [4.69, 9.17) is 4.42 Å². The average molecular weight is 320 g/mol. The second-order valence-electron chi connectivity index (χ2n) is 5.86. The van der Waals surface area contributed by atoms with Gasteiger partial charge in [0.15, 0.2) is 0 Å². The maximum Gasteiger partial charge on any atom is 0.326 e. The van der Waals surface area contributed by atoms with E-state index in [1.165, 1.54) is 6.39 Å². The molecule has 0 saturated heterocycles. The second-order valence-corrected chi connectivity index (χ2v) is 5.86. The largest absolute Gasteiger partial charge is 0.428 e. The number of nitrogens with zero attached hydrogens (tertiary/aromatic N) is 3. The van der Waals surface area contributed by atoms with Crippen LogP contribution in [0.4, 0.5) is 0 Å². The molecule has 2 aromatic heterocycles. The third-order valence-electron chi connectivity index (χ3n) is 4.05. The molecule has 0 aliphatic carbocycles. The quantitative estimate of drug-likeness (QED) is 0.627. The molecule has 0 radical (unpaired) electrons. The number of H-pyrrole nitrogens is 1. The van der Waals surface area contributed by atoms with Crippen molar-refractivity contribution in [2.24, 2.45) is 0 Å². The lowest BCUT2D eigenvalue weighted by atomic mass is 10.1. The van der Waals surface area contributed by atoms with Gasteiger partial charge in [0.2, 0.25) is 12.3 Å². The Morgan fingerprint density at radius 2 is 1.92 bits per heavy atom. The molecule has 1 N–H and O–H groups in total. The first-order valence-corrected chi connectivity index (χ1v) is 7.71. The summed E-state index contributed by atoms with van der Waals surface area (Å²) in [6.07, 6.45) is 1.93. The first-order valence-electron chi connectivity index (χ1n) is 7.71. The van der Waals surface area contributed by atoms with Crippen LogP contribution >= 0.6 is 0 Å². The number of benzene rings is 2. The number of fused-ring (bicyclic) bond motifs is 1. The first kappa shape index (κ1) is 14.4. The number of aryl methyl sites for hydroxylation is 1. The highest BCUT2D eigenvalue weighted by atomic mass is 16.4. The van der Waals surface area contributed by atoms with E-state index in [0.29, 0.717) is 18.9 Å². The Kier molecular flexibility index (Phi) is 3.49. The van der Waals surface area contributed by atoms with Gasteiger partial charge in [-0.15, -0.1) is 10.2 Å². The van der Waals surface area contributed by atoms with Crippen molar-refractivity contribution < 1.29 is 4.42 Å². The summed E-state index contributed by atoms with van der Waals surface area (Å²) < 4.78 is 6.91. The van der Waals surface area contributed by atoms with Crippen molar-refractivity contribution in [3.63, 3.8) is 0 Å². The van der Waals surface area contributed by atoms with Crippen LogP contribution in [0.3, 0.4) is 0 Å². The summed E-state index contributed by atoms with van der Waals surface area (Å²) >= 11 is 0. The molecule has 24 heavy (non-hydrogen) atoms. The van der Waals surface area contributed by atoms with E-state index in [1.54, 1.807) is 4.57 Å². The number of hydrogen-bond acceptors (Lipinski definition) is 4. The molecular weight excluding hydrogens is 304 g/mol. The highest BCUT2D eigenvalue weighted by molar-refractivity contribution is 5.76. The zero-order chi connectivity index (χ0) is 16.5. The van der Waals surface area contributed by atoms with Gasteiger partial charge in [-0.05, 0) is 35.7 Å². The highest BCUT2D eigenvalue weighted by Gasteiger charge is 2.08. The van der Waals surface area contributed by atoms with Crippen LogP contribution in [0.25, 0.3) is 11.0 Å². The molecule has 0 aliphatic rings. The summed E-state index contributed by atoms with van der Waals surface area (Å²) in [6, 6.07) is 14.1. The van der Waals surface area contributed by atoms with Gasteiger partial charge in [-0.2, -0.15) is 0 Å². The predicted octanol–water partition coefficient (Wildman–Crippen LogP) is 2.66. The van der Waals surface area contributed by atoms with Crippen LogP contribution in [0.15, 0.2) is 58.1 Å². The Morgan fingerprint density at radius 1 is 1.12 bits per heavy atom. The lowest BCUT2D eigenvalue weighted by molar-refractivity contribution is 0.505. The number of hydrogen-bond donors (Lipinski definition) is 1. The van der Waals surface area contributed by atoms with Crippen LogP contribution in [0, 0.1) is 6.92 Å². The van der Waals surface area contributed by atoms with Gasteiger partial charge in [0.1, 0.15) is 0 Å². The summed E-state index contributed by atoms with van der Waals surface area (Å²) in [6.45, 7) is 2.54. The SMILES string of the molecule is Cc1ccc2c(c1)[nH]c(=O)n2Cc1ccc(Cc2nnco2)cc1. The fourth-order valence-corrected chi connectivity index (χ4v) is 2.83. The Bertz CT molecular complexity index is 1030. The lowest BCUT2D eigenvalue weighted by Gasteiger charge is -2.05. The zero-order valence-corrected chi connectivity index (χ0v) is 13.2. The molecule has 0 spiro atoms. The van der Waals surface area contributed by atoms with Crippen LogP contribution in [-0.4, -0.2) is 19.7 Å².